The Bertz CT molecular complexity index is 574. The van der Waals surface area contributed by atoms with E-state index in [-0.39, 0.29) is 18.4 Å². The predicted molar refractivity (Wildman–Crippen MR) is 92.3 cm³/mol. The van der Waals surface area contributed by atoms with Crippen LogP contribution in [0.25, 0.3) is 0 Å². The van der Waals surface area contributed by atoms with Gasteiger partial charge in [-0.2, -0.15) is 0 Å². The number of amides is 2. The van der Waals surface area contributed by atoms with Gasteiger partial charge in [0.05, 0.1) is 6.61 Å². The van der Waals surface area contributed by atoms with Crippen LogP contribution in [0.3, 0.4) is 0 Å². The Morgan fingerprint density at radius 3 is 2.24 bits per heavy atom. The highest BCUT2D eigenvalue weighted by molar-refractivity contribution is 5.90. The molecule has 138 valence electrons. The number of nitrogens with one attached hydrogen (secondary N) is 2. The number of hydrogen-bond donors (Lipinski definition) is 3. The standard InChI is InChI=1S/C18H26N2O5/c1-12(2)9-15(19-13(3)22)17(23)20-16(10-21)18(24)25-11-14-7-5-4-6-8-14/h4-8,12,15-16,21H,9-11H2,1-3H3,(H,19,22)(H,20,23)/t15-,16+/m0/s1. The molecule has 0 saturated carbocycles. The number of ether oxygens (including phenoxy) is 1. The van der Waals surface area contributed by atoms with E-state index in [0.717, 1.165) is 5.56 Å². The van der Waals surface area contributed by atoms with Crippen LogP contribution in [0.4, 0.5) is 0 Å². The minimum atomic E-state index is -1.18. The lowest BCUT2D eigenvalue weighted by atomic mass is 10.0. The zero-order valence-electron chi connectivity index (χ0n) is 14.8. The van der Waals surface area contributed by atoms with Crippen LogP contribution in [0, 0.1) is 5.92 Å². The molecule has 0 aliphatic heterocycles. The minimum absolute atomic E-state index is 0.0488. The van der Waals surface area contributed by atoms with Gasteiger partial charge in [-0.3, -0.25) is 9.59 Å². The Labute approximate surface area is 147 Å². The maximum Gasteiger partial charge on any atom is 0.331 e. The molecule has 1 rings (SSSR count). The number of aliphatic hydroxyl groups is 1. The van der Waals surface area contributed by atoms with Crippen LogP contribution >= 0.6 is 0 Å². The van der Waals surface area contributed by atoms with Crippen molar-refractivity contribution >= 4 is 17.8 Å². The lowest BCUT2D eigenvalue weighted by Gasteiger charge is -2.22. The molecule has 1 aromatic rings. The van der Waals surface area contributed by atoms with Gasteiger partial charge in [-0.05, 0) is 17.9 Å². The van der Waals surface area contributed by atoms with Crippen molar-refractivity contribution in [3.63, 3.8) is 0 Å². The largest absolute Gasteiger partial charge is 0.459 e. The third-order valence-corrected chi connectivity index (χ3v) is 3.41. The molecule has 7 nitrogen and oxygen atoms in total. The maximum absolute atomic E-state index is 12.3. The first-order valence-electron chi connectivity index (χ1n) is 8.22. The second kappa shape index (κ2) is 10.5. The van der Waals surface area contributed by atoms with Gasteiger partial charge in [0.1, 0.15) is 12.6 Å². The summed E-state index contributed by atoms with van der Waals surface area (Å²) in [6, 6.07) is 7.13. The van der Waals surface area contributed by atoms with Gasteiger partial charge in [0.2, 0.25) is 11.8 Å². The average molecular weight is 350 g/mol. The SMILES string of the molecule is CC(=O)N[C@@H](CC(C)C)C(=O)N[C@H](CO)C(=O)OCc1ccccc1. The fraction of sp³-hybridized carbons (Fsp3) is 0.500. The van der Waals surface area contributed by atoms with Gasteiger partial charge in [-0.25, -0.2) is 4.79 Å². The van der Waals surface area contributed by atoms with E-state index in [4.69, 9.17) is 4.74 Å². The van der Waals surface area contributed by atoms with Crippen molar-refractivity contribution in [2.75, 3.05) is 6.61 Å². The summed E-state index contributed by atoms with van der Waals surface area (Å²) in [5.74, 6) is -1.43. The van der Waals surface area contributed by atoms with Crippen LogP contribution in [0.5, 0.6) is 0 Å². The molecule has 0 saturated heterocycles. The molecule has 0 bridgehead atoms. The second-order valence-corrected chi connectivity index (χ2v) is 6.22. The monoisotopic (exact) mass is 350 g/mol. The van der Waals surface area contributed by atoms with Crippen molar-refractivity contribution in [1.82, 2.24) is 10.6 Å². The Hall–Kier alpha value is -2.41. The molecular formula is C18H26N2O5. The van der Waals surface area contributed by atoms with Crippen molar-refractivity contribution in [3.8, 4) is 0 Å². The van der Waals surface area contributed by atoms with Gasteiger partial charge < -0.3 is 20.5 Å². The fourth-order valence-electron chi connectivity index (χ4n) is 2.23. The van der Waals surface area contributed by atoms with E-state index in [1.807, 2.05) is 32.0 Å². The smallest absolute Gasteiger partial charge is 0.331 e. The quantitative estimate of drug-likeness (QED) is 0.570. The van der Waals surface area contributed by atoms with Crippen LogP contribution in [-0.2, 0) is 25.7 Å². The summed E-state index contributed by atoms with van der Waals surface area (Å²) in [6.07, 6.45) is 0.419. The fourth-order valence-corrected chi connectivity index (χ4v) is 2.23. The molecule has 25 heavy (non-hydrogen) atoms. The van der Waals surface area contributed by atoms with Gasteiger partial charge in [0.25, 0.3) is 0 Å². The number of benzene rings is 1. The first-order valence-corrected chi connectivity index (χ1v) is 8.22. The van der Waals surface area contributed by atoms with Crippen molar-refractivity contribution in [1.29, 1.82) is 0 Å². The summed E-state index contributed by atoms with van der Waals surface area (Å²) in [5.41, 5.74) is 0.801. The first-order chi connectivity index (χ1) is 11.8. The first kappa shape index (κ1) is 20.6. The van der Waals surface area contributed by atoms with Crippen LogP contribution in [0.1, 0.15) is 32.8 Å². The highest BCUT2D eigenvalue weighted by Crippen LogP contribution is 2.06. The van der Waals surface area contributed by atoms with Gasteiger partial charge in [-0.1, -0.05) is 44.2 Å². The summed E-state index contributed by atoms with van der Waals surface area (Å²) in [6.45, 7) is 4.61. The molecule has 0 aliphatic carbocycles. The lowest BCUT2D eigenvalue weighted by molar-refractivity contribution is -0.150. The normalized spacial score (nSPS) is 13.0. The van der Waals surface area contributed by atoms with Gasteiger partial charge >= 0.3 is 5.97 Å². The van der Waals surface area contributed by atoms with Gasteiger partial charge in [0, 0.05) is 6.92 Å². The third kappa shape index (κ3) is 7.80. The van der Waals surface area contributed by atoms with E-state index in [2.05, 4.69) is 10.6 Å². The van der Waals surface area contributed by atoms with Crippen LogP contribution < -0.4 is 10.6 Å². The maximum atomic E-state index is 12.3. The molecule has 7 heteroatoms. The topological polar surface area (TPSA) is 105 Å². The van der Waals surface area contributed by atoms with Gasteiger partial charge in [-0.15, -0.1) is 0 Å². The Kier molecular flexibility index (Phi) is 8.63. The zero-order valence-corrected chi connectivity index (χ0v) is 14.8. The van der Waals surface area contributed by atoms with Crippen LogP contribution in [0.15, 0.2) is 30.3 Å². The van der Waals surface area contributed by atoms with Crippen LogP contribution in [0.2, 0.25) is 0 Å². The predicted octanol–water partition coefficient (Wildman–Crippen LogP) is 0.758. The Morgan fingerprint density at radius 2 is 1.72 bits per heavy atom. The third-order valence-electron chi connectivity index (χ3n) is 3.41. The number of esters is 1. The minimum Gasteiger partial charge on any atom is -0.459 e. The highest BCUT2D eigenvalue weighted by atomic mass is 16.5. The van der Waals surface area contributed by atoms with Crippen molar-refractivity contribution < 1.29 is 24.2 Å². The Balaban J connectivity index is 2.63. The van der Waals surface area contributed by atoms with E-state index < -0.39 is 30.6 Å². The molecule has 0 heterocycles. The number of hydrogen-bond acceptors (Lipinski definition) is 5. The molecule has 0 spiro atoms. The van der Waals surface area contributed by atoms with Crippen LogP contribution in [-0.4, -0.2) is 41.6 Å². The molecular weight excluding hydrogens is 324 g/mol. The van der Waals surface area contributed by atoms with Gasteiger partial charge in [0.15, 0.2) is 6.04 Å². The van der Waals surface area contributed by atoms with Crippen molar-refractivity contribution in [2.24, 2.45) is 5.92 Å². The molecule has 2 atom stereocenters. The summed E-state index contributed by atoms with van der Waals surface area (Å²) in [4.78, 5) is 35.6. The Morgan fingerprint density at radius 1 is 1.08 bits per heavy atom. The zero-order chi connectivity index (χ0) is 18.8. The van der Waals surface area contributed by atoms with Crippen molar-refractivity contribution in [3.05, 3.63) is 35.9 Å². The molecule has 0 fully saturated rings. The van der Waals surface area contributed by atoms with E-state index in [9.17, 15) is 19.5 Å². The summed E-state index contributed by atoms with van der Waals surface area (Å²) >= 11 is 0. The highest BCUT2D eigenvalue weighted by Gasteiger charge is 2.27. The molecule has 2 amide bonds. The molecule has 3 N–H and O–H groups in total. The van der Waals surface area contributed by atoms with E-state index in [0.29, 0.717) is 6.42 Å². The van der Waals surface area contributed by atoms with E-state index in [1.54, 1.807) is 12.1 Å². The molecule has 0 unspecified atom stereocenters. The number of rotatable bonds is 9. The number of carbonyl (C=O) groups is 3. The molecule has 1 aromatic carbocycles. The van der Waals surface area contributed by atoms with Crippen molar-refractivity contribution in [2.45, 2.75) is 45.9 Å². The molecule has 0 aliphatic rings. The summed E-state index contributed by atoms with van der Waals surface area (Å²) in [7, 11) is 0. The lowest BCUT2D eigenvalue weighted by Crippen LogP contribution is -2.53. The number of carbonyl (C=O) groups excluding carboxylic acids is 3. The number of aliphatic hydroxyl groups excluding tert-OH is 1. The molecule has 0 radical (unpaired) electrons. The molecule has 0 aromatic heterocycles. The summed E-state index contributed by atoms with van der Waals surface area (Å²) in [5, 5.41) is 14.4. The van der Waals surface area contributed by atoms with E-state index >= 15 is 0 Å². The summed E-state index contributed by atoms with van der Waals surface area (Å²) < 4.78 is 5.12. The average Bonchev–Trinajstić information content (AvgIpc) is 2.56. The van der Waals surface area contributed by atoms with E-state index in [1.165, 1.54) is 6.92 Å². The second-order valence-electron chi connectivity index (χ2n) is 6.22.